The molecule has 0 aliphatic carbocycles. The zero-order valence-corrected chi connectivity index (χ0v) is 14.8. The molecule has 0 unspecified atom stereocenters. The molecule has 120 valence electrons. The van der Waals surface area contributed by atoms with Gasteiger partial charge in [-0.15, -0.1) is 0 Å². The van der Waals surface area contributed by atoms with Crippen LogP contribution in [0, 0.1) is 0 Å². The molecule has 0 aliphatic heterocycles. The van der Waals surface area contributed by atoms with Crippen LogP contribution in [0.5, 0.6) is 0 Å². The van der Waals surface area contributed by atoms with Crippen molar-refractivity contribution in [2.45, 2.75) is 0 Å². The van der Waals surface area contributed by atoms with Gasteiger partial charge in [-0.2, -0.15) is 5.10 Å². The van der Waals surface area contributed by atoms with Crippen LogP contribution in [0.15, 0.2) is 76.4 Å². The van der Waals surface area contributed by atoms with Crippen LogP contribution in [-0.4, -0.2) is 16.7 Å². The fraction of sp³-hybridized carbons (Fsp3) is 0. The van der Waals surface area contributed by atoms with Gasteiger partial charge in [-0.25, -0.2) is 5.43 Å². The standard InChI is InChI=1S/C18H13BrClN3O/c19-17-6-2-1-5-16(17)18(24)22-21-12-15-4-3-11-23(15)14-9-7-13(20)8-10-14/h1-12H,(H,22,24)/b21-12+. The van der Waals surface area contributed by atoms with Crippen molar-refractivity contribution in [2.75, 3.05) is 0 Å². The second-order valence-corrected chi connectivity index (χ2v) is 6.25. The van der Waals surface area contributed by atoms with E-state index < -0.39 is 0 Å². The molecule has 3 aromatic rings. The van der Waals surface area contributed by atoms with Crippen molar-refractivity contribution in [2.24, 2.45) is 5.10 Å². The lowest BCUT2D eigenvalue weighted by atomic mass is 10.2. The molecule has 0 aliphatic rings. The van der Waals surface area contributed by atoms with E-state index in [2.05, 4.69) is 26.5 Å². The molecule has 2 aromatic carbocycles. The maximum absolute atomic E-state index is 12.1. The fourth-order valence-electron chi connectivity index (χ4n) is 2.20. The minimum absolute atomic E-state index is 0.275. The van der Waals surface area contributed by atoms with Crippen LogP contribution in [0.4, 0.5) is 0 Å². The fourth-order valence-corrected chi connectivity index (χ4v) is 2.79. The number of carbonyl (C=O) groups excluding carboxylic acids is 1. The lowest BCUT2D eigenvalue weighted by Crippen LogP contribution is -2.18. The molecule has 0 atom stereocenters. The second kappa shape index (κ2) is 7.47. The Hall–Kier alpha value is -2.37. The molecule has 4 nitrogen and oxygen atoms in total. The number of hydrogen-bond donors (Lipinski definition) is 1. The Morgan fingerprint density at radius 2 is 1.83 bits per heavy atom. The number of halogens is 2. The molecule has 1 aromatic heterocycles. The van der Waals surface area contributed by atoms with Crippen molar-refractivity contribution in [3.63, 3.8) is 0 Å². The van der Waals surface area contributed by atoms with Crippen LogP contribution < -0.4 is 5.43 Å². The van der Waals surface area contributed by atoms with E-state index in [9.17, 15) is 4.79 Å². The molecule has 3 rings (SSSR count). The van der Waals surface area contributed by atoms with Crippen molar-refractivity contribution in [1.82, 2.24) is 9.99 Å². The van der Waals surface area contributed by atoms with E-state index in [4.69, 9.17) is 11.6 Å². The van der Waals surface area contributed by atoms with Crippen LogP contribution in [0.25, 0.3) is 5.69 Å². The summed E-state index contributed by atoms with van der Waals surface area (Å²) in [5.41, 5.74) is 4.86. The van der Waals surface area contributed by atoms with E-state index >= 15 is 0 Å². The van der Waals surface area contributed by atoms with Crippen LogP contribution >= 0.6 is 27.5 Å². The van der Waals surface area contributed by atoms with Crippen LogP contribution in [0.2, 0.25) is 5.02 Å². The molecule has 0 saturated carbocycles. The van der Waals surface area contributed by atoms with E-state index in [-0.39, 0.29) is 5.91 Å². The summed E-state index contributed by atoms with van der Waals surface area (Å²) in [6.07, 6.45) is 3.52. The van der Waals surface area contributed by atoms with E-state index in [1.165, 1.54) is 0 Å². The summed E-state index contributed by atoms with van der Waals surface area (Å²) in [4.78, 5) is 12.1. The Morgan fingerprint density at radius 3 is 2.58 bits per heavy atom. The maximum atomic E-state index is 12.1. The number of nitrogens with zero attached hydrogens (tertiary/aromatic N) is 2. The lowest BCUT2D eigenvalue weighted by Gasteiger charge is -2.06. The first-order valence-corrected chi connectivity index (χ1v) is 8.33. The summed E-state index contributed by atoms with van der Waals surface area (Å²) in [5.74, 6) is -0.275. The summed E-state index contributed by atoms with van der Waals surface area (Å²) < 4.78 is 2.67. The number of amides is 1. The Bertz CT molecular complexity index is 887. The summed E-state index contributed by atoms with van der Waals surface area (Å²) in [6.45, 7) is 0. The first-order chi connectivity index (χ1) is 11.6. The maximum Gasteiger partial charge on any atom is 0.272 e. The minimum atomic E-state index is -0.275. The molecule has 1 amide bonds. The molecule has 6 heteroatoms. The Balaban J connectivity index is 1.74. The molecule has 0 radical (unpaired) electrons. The third kappa shape index (κ3) is 3.75. The van der Waals surface area contributed by atoms with E-state index in [1.54, 1.807) is 18.3 Å². The smallest absolute Gasteiger partial charge is 0.272 e. The summed E-state index contributed by atoms with van der Waals surface area (Å²) in [6, 6.07) is 18.5. The quantitative estimate of drug-likeness (QED) is 0.501. The summed E-state index contributed by atoms with van der Waals surface area (Å²) >= 11 is 9.26. The van der Waals surface area contributed by atoms with Crippen molar-refractivity contribution < 1.29 is 4.79 Å². The number of rotatable bonds is 4. The number of carbonyl (C=O) groups is 1. The van der Waals surface area contributed by atoms with E-state index in [0.29, 0.717) is 10.6 Å². The Morgan fingerprint density at radius 1 is 1.08 bits per heavy atom. The van der Waals surface area contributed by atoms with Crippen molar-refractivity contribution in [3.8, 4) is 5.69 Å². The predicted octanol–water partition coefficient (Wildman–Crippen LogP) is 4.66. The van der Waals surface area contributed by atoms with Crippen LogP contribution in [-0.2, 0) is 0 Å². The zero-order valence-electron chi connectivity index (χ0n) is 12.5. The number of nitrogens with one attached hydrogen (secondary N) is 1. The lowest BCUT2D eigenvalue weighted by molar-refractivity contribution is 0.0954. The van der Waals surface area contributed by atoms with Crippen molar-refractivity contribution in [3.05, 3.63) is 87.6 Å². The molecule has 0 saturated heterocycles. The zero-order chi connectivity index (χ0) is 16.9. The number of hydrogen-bond acceptors (Lipinski definition) is 2. The number of hydrazone groups is 1. The molecular formula is C18H13BrClN3O. The minimum Gasteiger partial charge on any atom is -0.316 e. The normalized spacial score (nSPS) is 10.9. The van der Waals surface area contributed by atoms with Gasteiger partial charge in [0.15, 0.2) is 0 Å². The molecule has 1 heterocycles. The average molecular weight is 403 g/mol. The van der Waals surface area contributed by atoms with Gasteiger partial charge >= 0.3 is 0 Å². The molecule has 0 bridgehead atoms. The third-order valence-electron chi connectivity index (χ3n) is 3.37. The Kier molecular flexibility index (Phi) is 5.13. The average Bonchev–Trinajstić information content (AvgIpc) is 3.04. The highest BCUT2D eigenvalue weighted by Gasteiger charge is 2.07. The van der Waals surface area contributed by atoms with Gasteiger partial charge in [0.25, 0.3) is 5.91 Å². The molecule has 1 N–H and O–H groups in total. The van der Waals surface area contributed by atoms with Crippen LogP contribution in [0.3, 0.4) is 0 Å². The van der Waals surface area contributed by atoms with E-state index in [1.807, 2.05) is 59.3 Å². The van der Waals surface area contributed by atoms with Gasteiger partial charge in [0.2, 0.25) is 0 Å². The van der Waals surface area contributed by atoms with Gasteiger partial charge in [-0.1, -0.05) is 23.7 Å². The molecule has 0 fully saturated rings. The molecule has 0 spiro atoms. The SMILES string of the molecule is O=C(N/N=C/c1cccn1-c1ccc(Cl)cc1)c1ccccc1Br. The van der Waals surface area contributed by atoms with Crippen molar-refractivity contribution in [1.29, 1.82) is 0 Å². The largest absolute Gasteiger partial charge is 0.316 e. The molecular weight excluding hydrogens is 390 g/mol. The first kappa shape index (κ1) is 16.5. The molecule has 24 heavy (non-hydrogen) atoms. The highest BCUT2D eigenvalue weighted by Crippen LogP contribution is 2.16. The van der Waals surface area contributed by atoms with Gasteiger partial charge in [-0.05, 0) is 64.5 Å². The van der Waals surface area contributed by atoms with Gasteiger partial charge in [0.1, 0.15) is 0 Å². The Labute approximate surface area is 152 Å². The monoisotopic (exact) mass is 401 g/mol. The highest BCUT2D eigenvalue weighted by molar-refractivity contribution is 9.10. The summed E-state index contributed by atoms with van der Waals surface area (Å²) in [7, 11) is 0. The second-order valence-electron chi connectivity index (χ2n) is 4.96. The topological polar surface area (TPSA) is 46.4 Å². The third-order valence-corrected chi connectivity index (χ3v) is 4.31. The van der Waals surface area contributed by atoms with Gasteiger partial charge < -0.3 is 4.57 Å². The van der Waals surface area contributed by atoms with Gasteiger partial charge in [0.05, 0.1) is 17.5 Å². The van der Waals surface area contributed by atoms with Gasteiger partial charge in [0, 0.05) is 21.4 Å². The van der Waals surface area contributed by atoms with E-state index in [0.717, 1.165) is 15.9 Å². The van der Waals surface area contributed by atoms with Crippen LogP contribution in [0.1, 0.15) is 16.1 Å². The van der Waals surface area contributed by atoms with Crippen molar-refractivity contribution >= 4 is 39.7 Å². The number of aromatic nitrogens is 1. The highest BCUT2D eigenvalue weighted by atomic mass is 79.9. The van der Waals surface area contributed by atoms with Gasteiger partial charge in [-0.3, -0.25) is 4.79 Å². The first-order valence-electron chi connectivity index (χ1n) is 7.16. The summed E-state index contributed by atoms with van der Waals surface area (Å²) in [5, 5.41) is 4.72. The predicted molar refractivity (Wildman–Crippen MR) is 100.0 cm³/mol. The number of benzene rings is 2.